The highest BCUT2D eigenvalue weighted by Gasteiger charge is 2.45. The van der Waals surface area contributed by atoms with Crippen LogP contribution in [0.1, 0.15) is 50.5 Å². The lowest BCUT2D eigenvalue weighted by atomic mass is 9.68. The van der Waals surface area contributed by atoms with Crippen molar-refractivity contribution in [3.8, 4) is 0 Å². The summed E-state index contributed by atoms with van der Waals surface area (Å²) < 4.78 is 31.3. The Morgan fingerprint density at radius 2 is 1.80 bits per heavy atom. The third-order valence-electron chi connectivity index (χ3n) is 5.93. The predicted molar refractivity (Wildman–Crippen MR) is 96.9 cm³/mol. The quantitative estimate of drug-likeness (QED) is 0.838. The number of benzene rings is 1. The second kappa shape index (κ2) is 6.72. The summed E-state index contributed by atoms with van der Waals surface area (Å²) >= 11 is 0. The molecule has 4 rings (SSSR count). The molecule has 1 N–H and O–H groups in total. The second-order valence-corrected chi connectivity index (χ2v) is 9.25. The van der Waals surface area contributed by atoms with Gasteiger partial charge in [0.05, 0.1) is 22.8 Å². The van der Waals surface area contributed by atoms with Gasteiger partial charge in [0.2, 0.25) is 0 Å². The SMILES string of the molecule is Cc1ccc(S(=O)(=O)N/N=C2/[C@H]3CCCC[C@@H]3[C@@H]3CCC[C@H]2O3)cc1. The van der Waals surface area contributed by atoms with Gasteiger partial charge in [-0.3, -0.25) is 0 Å². The fourth-order valence-electron chi connectivity index (χ4n) is 4.63. The van der Waals surface area contributed by atoms with E-state index in [1.807, 2.05) is 6.92 Å². The van der Waals surface area contributed by atoms with Gasteiger partial charge in [-0.15, -0.1) is 0 Å². The predicted octanol–water partition coefficient (Wildman–Crippen LogP) is 3.39. The molecule has 1 aromatic carbocycles. The van der Waals surface area contributed by atoms with Crippen LogP contribution in [0.5, 0.6) is 0 Å². The molecule has 2 bridgehead atoms. The van der Waals surface area contributed by atoms with Crippen LogP contribution in [0.2, 0.25) is 0 Å². The summed E-state index contributed by atoms with van der Waals surface area (Å²) in [5, 5.41) is 4.41. The van der Waals surface area contributed by atoms with Gasteiger partial charge < -0.3 is 4.74 Å². The minimum Gasteiger partial charge on any atom is -0.369 e. The minimum absolute atomic E-state index is 0.0150. The van der Waals surface area contributed by atoms with Gasteiger partial charge in [0.15, 0.2) is 0 Å². The van der Waals surface area contributed by atoms with E-state index in [0.717, 1.165) is 37.0 Å². The molecule has 25 heavy (non-hydrogen) atoms. The monoisotopic (exact) mass is 362 g/mol. The number of nitrogens with one attached hydrogen (secondary N) is 1. The summed E-state index contributed by atoms with van der Waals surface area (Å²) in [6, 6.07) is 6.84. The molecule has 1 saturated carbocycles. The van der Waals surface area contributed by atoms with Crippen LogP contribution < -0.4 is 4.83 Å². The number of aryl methyl sites for hydroxylation is 1. The van der Waals surface area contributed by atoms with E-state index < -0.39 is 10.0 Å². The first-order valence-corrected chi connectivity index (χ1v) is 10.8. The molecule has 1 aliphatic carbocycles. The van der Waals surface area contributed by atoms with E-state index in [4.69, 9.17) is 4.74 Å². The topological polar surface area (TPSA) is 67.8 Å². The van der Waals surface area contributed by atoms with Crippen molar-refractivity contribution in [3.05, 3.63) is 29.8 Å². The van der Waals surface area contributed by atoms with Crippen molar-refractivity contribution >= 4 is 15.7 Å². The van der Waals surface area contributed by atoms with Gasteiger partial charge in [0.25, 0.3) is 10.0 Å². The average Bonchev–Trinajstić information content (AvgIpc) is 2.62. The molecule has 5 nitrogen and oxygen atoms in total. The summed E-state index contributed by atoms with van der Waals surface area (Å²) in [6.07, 6.45) is 8.28. The minimum atomic E-state index is -3.63. The van der Waals surface area contributed by atoms with Crippen LogP contribution in [0.4, 0.5) is 0 Å². The second-order valence-electron chi connectivity index (χ2n) is 7.59. The number of ether oxygens (including phenoxy) is 1. The van der Waals surface area contributed by atoms with E-state index >= 15 is 0 Å². The third kappa shape index (κ3) is 3.34. The first-order valence-electron chi connectivity index (χ1n) is 9.36. The van der Waals surface area contributed by atoms with Crippen molar-refractivity contribution in [1.82, 2.24) is 4.83 Å². The Bertz CT molecular complexity index is 757. The van der Waals surface area contributed by atoms with Crippen LogP contribution in [-0.4, -0.2) is 26.3 Å². The summed E-state index contributed by atoms with van der Waals surface area (Å²) in [5.74, 6) is 0.881. The van der Waals surface area contributed by atoms with Crippen LogP contribution in [0.25, 0.3) is 0 Å². The maximum atomic E-state index is 12.6. The molecule has 2 saturated heterocycles. The lowest BCUT2D eigenvalue weighted by molar-refractivity contribution is -0.0867. The van der Waals surface area contributed by atoms with Crippen molar-refractivity contribution < 1.29 is 13.2 Å². The van der Waals surface area contributed by atoms with Crippen LogP contribution in [0.15, 0.2) is 34.3 Å². The number of nitrogens with zero attached hydrogens (tertiary/aromatic N) is 1. The largest absolute Gasteiger partial charge is 0.369 e. The number of sulfonamides is 1. The fourth-order valence-corrected chi connectivity index (χ4v) is 5.46. The standard InChI is InChI=1S/C19H26N2O3S/c1-13-9-11-14(12-10-13)25(22,23)21-20-19-16-6-3-2-5-15(16)17-7-4-8-18(19)24-17/h9-12,15-18,21H,2-8H2,1H3/b20-19-/t15-,16-,17-,18+/m0/s1. The molecular weight excluding hydrogens is 336 g/mol. The molecule has 0 spiro atoms. The highest BCUT2D eigenvalue weighted by molar-refractivity contribution is 7.89. The summed E-state index contributed by atoms with van der Waals surface area (Å²) in [7, 11) is -3.63. The lowest BCUT2D eigenvalue weighted by Crippen LogP contribution is -2.52. The first-order chi connectivity index (χ1) is 12.0. The van der Waals surface area contributed by atoms with E-state index in [2.05, 4.69) is 9.93 Å². The molecule has 136 valence electrons. The maximum absolute atomic E-state index is 12.6. The van der Waals surface area contributed by atoms with E-state index in [1.165, 1.54) is 19.3 Å². The Morgan fingerprint density at radius 3 is 2.60 bits per heavy atom. The van der Waals surface area contributed by atoms with Crippen molar-refractivity contribution in [2.45, 2.75) is 69.0 Å². The van der Waals surface area contributed by atoms with Crippen LogP contribution in [0, 0.1) is 18.8 Å². The zero-order chi connectivity index (χ0) is 17.4. The van der Waals surface area contributed by atoms with Gasteiger partial charge in [0, 0.05) is 5.92 Å². The molecule has 6 heteroatoms. The first kappa shape index (κ1) is 17.0. The van der Waals surface area contributed by atoms with E-state index in [9.17, 15) is 8.42 Å². The van der Waals surface area contributed by atoms with Gasteiger partial charge in [-0.05, 0) is 57.1 Å². The molecule has 0 unspecified atom stereocenters. The van der Waals surface area contributed by atoms with Crippen molar-refractivity contribution in [3.63, 3.8) is 0 Å². The van der Waals surface area contributed by atoms with E-state index in [-0.39, 0.29) is 11.0 Å². The Hall–Kier alpha value is -1.40. The van der Waals surface area contributed by atoms with Crippen LogP contribution in [0.3, 0.4) is 0 Å². The Balaban J connectivity index is 1.59. The summed E-state index contributed by atoms with van der Waals surface area (Å²) in [5.41, 5.74) is 1.96. The zero-order valence-electron chi connectivity index (χ0n) is 14.6. The highest BCUT2D eigenvalue weighted by atomic mass is 32.2. The molecule has 2 aliphatic heterocycles. The number of hydrogen-bond acceptors (Lipinski definition) is 4. The molecule has 3 fully saturated rings. The van der Waals surface area contributed by atoms with Gasteiger partial charge >= 0.3 is 0 Å². The normalized spacial score (nSPS) is 33.7. The smallest absolute Gasteiger partial charge is 0.276 e. The average molecular weight is 362 g/mol. The van der Waals surface area contributed by atoms with E-state index in [1.54, 1.807) is 24.3 Å². The van der Waals surface area contributed by atoms with E-state index in [0.29, 0.717) is 17.9 Å². The number of hydrazone groups is 1. The molecule has 4 atom stereocenters. The van der Waals surface area contributed by atoms with Gasteiger partial charge in [0.1, 0.15) is 0 Å². The highest BCUT2D eigenvalue weighted by Crippen LogP contribution is 2.44. The Labute approximate surface area is 149 Å². The zero-order valence-corrected chi connectivity index (χ0v) is 15.5. The van der Waals surface area contributed by atoms with Crippen LogP contribution >= 0.6 is 0 Å². The summed E-state index contributed by atoms with van der Waals surface area (Å²) in [6.45, 7) is 1.94. The summed E-state index contributed by atoms with van der Waals surface area (Å²) in [4.78, 5) is 2.73. The van der Waals surface area contributed by atoms with Gasteiger partial charge in [-0.1, -0.05) is 30.5 Å². The molecule has 0 radical (unpaired) electrons. The molecule has 1 aromatic rings. The van der Waals surface area contributed by atoms with Crippen molar-refractivity contribution in [2.75, 3.05) is 0 Å². The molecule has 2 heterocycles. The molecule has 0 aromatic heterocycles. The number of hydrogen-bond donors (Lipinski definition) is 1. The molecule has 0 amide bonds. The number of rotatable bonds is 3. The van der Waals surface area contributed by atoms with Crippen molar-refractivity contribution in [1.29, 1.82) is 0 Å². The lowest BCUT2D eigenvalue weighted by Gasteiger charge is -2.48. The number of fused-ring (bicyclic) bond motifs is 4. The van der Waals surface area contributed by atoms with Gasteiger partial charge in [-0.2, -0.15) is 13.5 Å². The molecule has 3 aliphatic rings. The van der Waals surface area contributed by atoms with Crippen molar-refractivity contribution in [2.24, 2.45) is 16.9 Å². The maximum Gasteiger partial charge on any atom is 0.276 e. The van der Waals surface area contributed by atoms with Crippen LogP contribution in [-0.2, 0) is 14.8 Å². The fraction of sp³-hybridized carbons (Fsp3) is 0.632. The Morgan fingerprint density at radius 1 is 1.04 bits per heavy atom. The van der Waals surface area contributed by atoms with Gasteiger partial charge in [-0.25, -0.2) is 4.83 Å². The molecular formula is C19H26N2O3S. The third-order valence-corrected chi connectivity index (χ3v) is 7.15. The Kier molecular flexibility index (Phi) is 4.58.